The van der Waals surface area contributed by atoms with Crippen LogP contribution in [0.3, 0.4) is 0 Å². The van der Waals surface area contributed by atoms with Gasteiger partial charge in [-0.15, -0.1) is 0 Å². The molecule has 0 heteroatoms. The van der Waals surface area contributed by atoms with Gasteiger partial charge in [0.2, 0.25) is 0 Å². The van der Waals surface area contributed by atoms with Gasteiger partial charge in [-0.3, -0.25) is 0 Å². The molecule has 1 unspecified atom stereocenters. The van der Waals surface area contributed by atoms with Crippen molar-refractivity contribution >= 4 is 21.5 Å². The molecule has 6 aromatic carbocycles. The normalized spacial score (nSPS) is 14.8. The predicted octanol–water partition coefficient (Wildman–Crippen LogP) is 10.6. The van der Waals surface area contributed by atoms with Crippen molar-refractivity contribution in [1.82, 2.24) is 0 Å². The molecule has 0 N–H and O–H groups in total. The lowest BCUT2D eigenvalue weighted by atomic mass is 9.81. The lowest BCUT2D eigenvalue weighted by Crippen LogP contribution is -2.01. The Morgan fingerprint density at radius 2 is 0.974 bits per heavy atom. The smallest absolute Gasteiger partial charge is 0.00680 e. The fraction of sp³-hybridized carbons (Fsp3) is 0.0526. The van der Waals surface area contributed by atoms with E-state index in [0.717, 1.165) is 6.42 Å². The summed E-state index contributed by atoms with van der Waals surface area (Å²) >= 11 is 0. The van der Waals surface area contributed by atoms with Gasteiger partial charge in [-0.05, 0) is 73.0 Å². The predicted molar refractivity (Wildman–Crippen MR) is 163 cm³/mol. The standard InChI is InChI=1S/C38H28/c1-4-12-27(13-5-1)29-20-22-31(23-21-29)38-34-19-11-10-18-33(34)37(30-16-8-3-9-17-30)35-25-24-32(26-36(35)38)28-14-6-2-7-15-28/h1-16,18-26,30H,17H2. The number of benzene rings is 6. The molecule has 0 heterocycles. The SMILES string of the molecule is C1=CCC(c2c3ccccc3c(-c3ccc(-c4ccccc4)cc3)c3cc(-c4ccccc4)ccc23)C=C1. The minimum absolute atomic E-state index is 0.365. The third-order valence-electron chi connectivity index (χ3n) is 7.80. The fourth-order valence-corrected chi connectivity index (χ4v) is 5.99. The van der Waals surface area contributed by atoms with Gasteiger partial charge >= 0.3 is 0 Å². The first-order chi connectivity index (χ1) is 18.9. The maximum atomic E-state index is 2.41. The number of fused-ring (bicyclic) bond motifs is 2. The summed E-state index contributed by atoms with van der Waals surface area (Å²) in [6.45, 7) is 0. The van der Waals surface area contributed by atoms with Crippen molar-refractivity contribution < 1.29 is 0 Å². The molecule has 0 saturated carbocycles. The van der Waals surface area contributed by atoms with Gasteiger partial charge in [-0.1, -0.05) is 146 Å². The first-order valence-electron chi connectivity index (χ1n) is 13.4. The van der Waals surface area contributed by atoms with E-state index in [-0.39, 0.29) is 0 Å². The maximum Gasteiger partial charge on any atom is 0.00680 e. The van der Waals surface area contributed by atoms with Crippen LogP contribution in [0.1, 0.15) is 17.9 Å². The van der Waals surface area contributed by atoms with E-state index in [2.05, 4.69) is 152 Å². The van der Waals surface area contributed by atoms with E-state index in [1.807, 2.05) is 0 Å². The molecule has 1 aliphatic rings. The number of hydrogen-bond acceptors (Lipinski definition) is 0. The molecule has 7 rings (SSSR count). The van der Waals surface area contributed by atoms with E-state index in [1.54, 1.807) is 0 Å². The van der Waals surface area contributed by atoms with Crippen molar-refractivity contribution in [3.63, 3.8) is 0 Å². The molecule has 180 valence electrons. The number of hydrogen-bond donors (Lipinski definition) is 0. The molecule has 0 bridgehead atoms. The lowest BCUT2D eigenvalue weighted by Gasteiger charge is -2.23. The van der Waals surface area contributed by atoms with Crippen LogP contribution in [0.25, 0.3) is 54.9 Å². The van der Waals surface area contributed by atoms with Crippen LogP contribution >= 0.6 is 0 Å². The average molecular weight is 485 g/mol. The Balaban J connectivity index is 1.52. The Kier molecular flexibility index (Phi) is 5.72. The van der Waals surface area contributed by atoms with Crippen LogP contribution in [0.2, 0.25) is 0 Å². The van der Waals surface area contributed by atoms with E-state index in [4.69, 9.17) is 0 Å². The molecule has 0 amide bonds. The highest BCUT2D eigenvalue weighted by Crippen LogP contribution is 2.45. The van der Waals surface area contributed by atoms with Gasteiger partial charge in [-0.2, -0.15) is 0 Å². The van der Waals surface area contributed by atoms with Gasteiger partial charge in [0.05, 0.1) is 0 Å². The third kappa shape index (κ3) is 3.96. The Bertz CT molecular complexity index is 1800. The second-order valence-corrected chi connectivity index (χ2v) is 10.1. The fourth-order valence-electron chi connectivity index (χ4n) is 5.99. The quantitative estimate of drug-likeness (QED) is 0.218. The summed E-state index contributed by atoms with van der Waals surface area (Å²) < 4.78 is 0. The van der Waals surface area contributed by atoms with Crippen LogP contribution < -0.4 is 0 Å². The van der Waals surface area contributed by atoms with Crippen molar-refractivity contribution in [3.05, 3.63) is 157 Å². The summed E-state index contributed by atoms with van der Waals surface area (Å²) in [7, 11) is 0. The van der Waals surface area contributed by atoms with Gasteiger partial charge in [0.1, 0.15) is 0 Å². The van der Waals surface area contributed by atoms with Crippen molar-refractivity contribution in [2.24, 2.45) is 0 Å². The molecule has 0 nitrogen and oxygen atoms in total. The van der Waals surface area contributed by atoms with Gasteiger partial charge in [0.25, 0.3) is 0 Å². The van der Waals surface area contributed by atoms with Crippen LogP contribution in [0.5, 0.6) is 0 Å². The van der Waals surface area contributed by atoms with E-state index in [9.17, 15) is 0 Å². The zero-order valence-corrected chi connectivity index (χ0v) is 21.2. The van der Waals surface area contributed by atoms with Crippen LogP contribution in [-0.4, -0.2) is 0 Å². The molecular weight excluding hydrogens is 456 g/mol. The van der Waals surface area contributed by atoms with Gasteiger partial charge < -0.3 is 0 Å². The van der Waals surface area contributed by atoms with Crippen LogP contribution in [0, 0.1) is 0 Å². The van der Waals surface area contributed by atoms with E-state index >= 15 is 0 Å². The van der Waals surface area contributed by atoms with Crippen molar-refractivity contribution in [2.45, 2.75) is 12.3 Å². The van der Waals surface area contributed by atoms with Crippen LogP contribution in [-0.2, 0) is 0 Å². The minimum Gasteiger partial charge on any atom is -0.0836 e. The molecule has 0 aromatic heterocycles. The molecule has 1 atom stereocenters. The Morgan fingerprint density at radius 3 is 1.66 bits per heavy atom. The first kappa shape index (κ1) is 22.5. The third-order valence-corrected chi connectivity index (χ3v) is 7.80. The molecule has 0 fully saturated rings. The summed E-state index contributed by atoms with van der Waals surface area (Å²) in [5, 5.41) is 5.32. The summed E-state index contributed by atoms with van der Waals surface area (Å²) in [5.74, 6) is 0.365. The first-order valence-corrected chi connectivity index (χ1v) is 13.4. The molecule has 6 aromatic rings. The van der Waals surface area contributed by atoms with Crippen molar-refractivity contribution in [1.29, 1.82) is 0 Å². The Labute approximate surface area is 224 Å². The zero-order valence-electron chi connectivity index (χ0n) is 21.2. The highest BCUT2D eigenvalue weighted by molar-refractivity contribution is 6.16. The minimum atomic E-state index is 0.365. The summed E-state index contributed by atoms with van der Waals surface area (Å²) in [6, 6.07) is 46.5. The lowest BCUT2D eigenvalue weighted by molar-refractivity contribution is 0.870. The summed E-state index contributed by atoms with van der Waals surface area (Å²) in [4.78, 5) is 0. The molecular formula is C38H28. The highest BCUT2D eigenvalue weighted by atomic mass is 14.2. The van der Waals surface area contributed by atoms with Crippen molar-refractivity contribution in [3.8, 4) is 33.4 Å². The van der Waals surface area contributed by atoms with E-state index in [0.29, 0.717) is 5.92 Å². The van der Waals surface area contributed by atoms with Gasteiger partial charge in [0.15, 0.2) is 0 Å². The maximum absolute atomic E-state index is 2.41. The molecule has 0 spiro atoms. The highest BCUT2D eigenvalue weighted by Gasteiger charge is 2.20. The largest absolute Gasteiger partial charge is 0.0836 e. The zero-order chi connectivity index (χ0) is 25.3. The Hall–Kier alpha value is -4.68. The molecule has 0 radical (unpaired) electrons. The molecule has 0 saturated heterocycles. The topological polar surface area (TPSA) is 0 Å². The number of rotatable bonds is 4. The van der Waals surface area contributed by atoms with Crippen LogP contribution in [0.15, 0.2) is 152 Å². The number of allylic oxidation sites excluding steroid dienone is 4. The van der Waals surface area contributed by atoms with Crippen molar-refractivity contribution in [2.75, 3.05) is 0 Å². The molecule has 0 aliphatic heterocycles. The van der Waals surface area contributed by atoms with E-state index < -0.39 is 0 Å². The van der Waals surface area contributed by atoms with Crippen LogP contribution in [0.4, 0.5) is 0 Å². The Morgan fingerprint density at radius 1 is 0.421 bits per heavy atom. The monoisotopic (exact) mass is 484 g/mol. The van der Waals surface area contributed by atoms with Gasteiger partial charge in [0, 0.05) is 5.92 Å². The molecule has 38 heavy (non-hydrogen) atoms. The summed E-state index contributed by atoms with van der Waals surface area (Å²) in [6.07, 6.45) is 10.0. The molecule has 1 aliphatic carbocycles. The summed E-state index contributed by atoms with van der Waals surface area (Å²) in [5.41, 5.74) is 8.97. The van der Waals surface area contributed by atoms with Gasteiger partial charge in [-0.25, -0.2) is 0 Å². The second-order valence-electron chi connectivity index (χ2n) is 10.1. The van der Waals surface area contributed by atoms with E-state index in [1.165, 1.54) is 60.5 Å². The average Bonchev–Trinajstić information content (AvgIpc) is 3.01. The second kappa shape index (κ2) is 9.65.